The Morgan fingerprint density at radius 3 is 2.50 bits per heavy atom. The van der Waals surface area contributed by atoms with E-state index in [1.807, 2.05) is 0 Å². The molecule has 1 saturated heterocycles. The third kappa shape index (κ3) is 2.44. The minimum Gasteiger partial charge on any atom is -0.356 e. The number of anilines is 2. The number of hydrazine groups is 1. The van der Waals surface area contributed by atoms with E-state index in [0.717, 1.165) is 23.4 Å². The number of aromatic nitrogens is 2. The zero-order chi connectivity index (χ0) is 11.4. The van der Waals surface area contributed by atoms with Crippen LogP contribution in [0.5, 0.6) is 0 Å². The van der Waals surface area contributed by atoms with Gasteiger partial charge in [0.25, 0.3) is 0 Å². The number of hydrogen-bond acceptors (Lipinski definition) is 5. The maximum Gasteiger partial charge on any atom is 0.159 e. The molecule has 0 atom stereocenters. The van der Waals surface area contributed by atoms with Crippen molar-refractivity contribution in [3.05, 3.63) is 10.8 Å². The van der Waals surface area contributed by atoms with E-state index in [-0.39, 0.29) is 0 Å². The fraction of sp³-hybridized carbons (Fsp3) is 0.600. The van der Waals surface area contributed by atoms with Crippen molar-refractivity contribution in [2.45, 2.75) is 25.7 Å². The van der Waals surface area contributed by atoms with Crippen LogP contribution in [0.3, 0.4) is 0 Å². The Morgan fingerprint density at radius 1 is 1.19 bits per heavy atom. The van der Waals surface area contributed by atoms with Crippen LogP contribution in [0.25, 0.3) is 0 Å². The zero-order valence-corrected chi connectivity index (χ0v) is 10.7. The molecule has 0 aliphatic carbocycles. The van der Waals surface area contributed by atoms with Crippen molar-refractivity contribution in [1.82, 2.24) is 9.97 Å². The van der Waals surface area contributed by atoms with Crippen LogP contribution in [0.2, 0.25) is 0 Å². The number of rotatable bonds is 2. The maximum atomic E-state index is 5.39. The van der Waals surface area contributed by atoms with Crippen LogP contribution in [0.15, 0.2) is 10.8 Å². The summed E-state index contributed by atoms with van der Waals surface area (Å²) in [5.41, 5.74) is 2.57. The van der Waals surface area contributed by atoms with Crippen molar-refractivity contribution in [2.24, 2.45) is 5.84 Å². The standard InChI is InChI=1S/C10H16BrN5/c11-8-9(15-12)13-7-14-10(8)16-5-3-1-2-4-6-16/h7H,1-6,12H2,(H,13,14,15). The Morgan fingerprint density at radius 2 is 1.88 bits per heavy atom. The van der Waals surface area contributed by atoms with Crippen molar-refractivity contribution >= 4 is 27.6 Å². The Balaban J connectivity index is 2.24. The smallest absolute Gasteiger partial charge is 0.159 e. The average molecular weight is 286 g/mol. The lowest BCUT2D eigenvalue weighted by Crippen LogP contribution is -2.26. The lowest BCUT2D eigenvalue weighted by Gasteiger charge is -2.22. The van der Waals surface area contributed by atoms with Crippen molar-refractivity contribution < 1.29 is 0 Å². The molecule has 2 rings (SSSR count). The Bertz CT molecular complexity index is 349. The summed E-state index contributed by atoms with van der Waals surface area (Å²) in [6, 6.07) is 0. The minimum atomic E-state index is 0.634. The van der Waals surface area contributed by atoms with E-state index in [1.165, 1.54) is 25.7 Å². The number of nitrogen functional groups attached to an aromatic ring is 1. The van der Waals surface area contributed by atoms with E-state index in [9.17, 15) is 0 Å². The lowest BCUT2D eigenvalue weighted by molar-refractivity contribution is 0.726. The molecule has 0 unspecified atom stereocenters. The van der Waals surface area contributed by atoms with E-state index in [2.05, 4.69) is 36.2 Å². The molecule has 88 valence electrons. The summed E-state index contributed by atoms with van der Waals surface area (Å²) in [5.74, 6) is 6.96. The van der Waals surface area contributed by atoms with Gasteiger partial charge >= 0.3 is 0 Å². The summed E-state index contributed by atoms with van der Waals surface area (Å²) in [5, 5.41) is 0. The molecule has 16 heavy (non-hydrogen) atoms. The second-order valence-corrected chi connectivity index (χ2v) is 4.70. The van der Waals surface area contributed by atoms with Gasteiger partial charge in [0.2, 0.25) is 0 Å². The van der Waals surface area contributed by atoms with Gasteiger partial charge in [-0.15, -0.1) is 0 Å². The van der Waals surface area contributed by atoms with Gasteiger partial charge in [0.05, 0.1) is 0 Å². The Hall–Kier alpha value is -0.880. The van der Waals surface area contributed by atoms with E-state index in [4.69, 9.17) is 5.84 Å². The van der Waals surface area contributed by atoms with Gasteiger partial charge in [-0.05, 0) is 28.8 Å². The quantitative estimate of drug-likeness (QED) is 0.642. The van der Waals surface area contributed by atoms with E-state index < -0.39 is 0 Å². The van der Waals surface area contributed by atoms with Crippen LogP contribution < -0.4 is 16.2 Å². The van der Waals surface area contributed by atoms with Crippen LogP contribution in [-0.2, 0) is 0 Å². The van der Waals surface area contributed by atoms with Gasteiger partial charge < -0.3 is 10.3 Å². The predicted molar refractivity (Wildman–Crippen MR) is 68.2 cm³/mol. The first-order valence-electron chi connectivity index (χ1n) is 5.55. The minimum absolute atomic E-state index is 0.634. The van der Waals surface area contributed by atoms with Gasteiger partial charge in [-0.3, -0.25) is 0 Å². The molecule has 1 aromatic rings. The molecule has 3 N–H and O–H groups in total. The maximum absolute atomic E-state index is 5.39. The predicted octanol–water partition coefficient (Wildman–Crippen LogP) is 1.91. The molecule has 0 radical (unpaired) electrons. The molecular formula is C10H16BrN5. The molecule has 0 aromatic carbocycles. The fourth-order valence-electron chi connectivity index (χ4n) is 1.96. The van der Waals surface area contributed by atoms with Crippen LogP contribution in [-0.4, -0.2) is 23.1 Å². The van der Waals surface area contributed by atoms with Crippen molar-refractivity contribution in [1.29, 1.82) is 0 Å². The van der Waals surface area contributed by atoms with E-state index >= 15 is 0 Å². The number of halogens is 1. The Labute approximate surface area is 104 Å². The normalized spacial score (nSPS) is 17.0. The molecule has 0 saturated carbocycles. The van der Waals surface area contributed by atoms with Gasteiger partial charge in [0.15, 0.2) is 5.82 Å². The summed E-state index contributed by atoms with van der Waals surface area (Å²) in [6.45, 7) is 2.11. The second-order valence-electron chi connectivity index (χ2n) is 3.91. The summed E-state index contributed by atoms with van der Waals surface area (Å²) >= 11 is 3.49. The zero-order valence-electron chi connectivity index (χ0n) is 9.12. The first-order chi connectivity index (χ1) is 7.83. The number of nitrogens with zero attached hydrogens (tertiary/aromatic N) is 3. The fourth-order valence-corrected chi connectivity index (χ4v) is 2.53. The molecule has 0 spiro atoms. The first kappa shape index (κ1) is 11.6. The monoisotopic (exact) mass is 285 g/mol. The molecule has 6 heteroatoms. The van der Waals surface area contributed by atoms with Gasteiger partial charge in [0.1, 0.15) is 16.6 Å². The molecule has 5 nitrogen and oxygen atoms in total. The third-order valence-electron chi connectivity index (χ3n) is 2.81. The average Bonchev–Trinajstić information content (AvgIpc) is 2.58. The van der Waals surface area contributed by atoms with Crippen LogP contribution in [0, 0.1) is 0 Å². The largest absolute Gasteiger partial charge is 0.356 e. The first-order valence-corrected chi connectivity index (χ1v) is 6.34. The highest BCUT2D eigenvalue weighted by Crippen LogP contribution is 2.30. The SMILES string of the molecule is NNc1ncnc(N2CCCCCC2)c1Br. The second kappa shape index (κ2) is 5.45. The van der Waals surface area contributed by atoms with Gasteiger partial charge in [-0.2, -0.15) is 0 Å². The van der Waals surface area contributed by atoms with Gasteiger partial charge in [-0.1, -0.05) is 12.8 Å². The topological polar surface area (TPSA) is 67.1 Å². The van der Waals surface area contributed by atoms with Crippen molar-refractivity contribution in [3.63, 3.8) is 0 Å². The van der Waals surface area contributed by atoms with Crippen LogP contribution >= 0.6 is 15.9 Å². The molecule has 0 amide bonds. The summed E-state index contributed by atoms with van der Waals surface area (Å²) in [4.78, 5) is 10.7. The van der Waals surface area contributed by atoms with Crippen molar-refractivity contribution in [2.75, 3.05) is 23.4 Å². The molecule has 1 aliphatic heterocycles. The molecule has 0 bridgehead atoms. The van der Waals surface area contributed by atoms with E-state index in [1.54, 1.807) is 6.33 Å². The molecular weight excluding hydrogens is 270 g/mol. The number of hydrogen-bond donors (Lipinski definition) is 2. The van der Waals surface area contributed by atoms with Gasteiger partial charge in [-0.25, -0.2) is 15.8 Å². The molecule has 1 fully saturated rings. The molecule has 2 heterocycles. The van der Waals surface area contributed by atoms with E-state index in [0.29, 0.717) is 5.82 Å². The number of nitrogens with two attached hydrogens (primary N) is 1. The van der Waals surface area contributed by atoms with Gasteiger partial charge in [0, 0.05) is 13.1 Å². The molecule has 1 aliphatic rings. The summed E-state index contributed by atoms with van der Waals surface area (Å²) in [6.07, 6.45) is 6.60. The number of nitrogens with one attached hydrogen (secondary N) is 1. The highest BCUT2D eigenvalue weighted by Gasteiger charge is 2.16. The van der Waals surface area contributed by atoms with Crippen LogP contribution in [0.1, 0.15) is 25.7 Å². The van der Waals surface area contributed by atoms with Crippen LogP contribution in [0.4, 0.5) is 11.6 Å². The van der Waals surface area contributed by atoms with Crippen molar-refractivity contribution in [3.8, 4) is 0 Å². The Kier molecular flexibility index (Phi) is 3.95. The summed E-state index contributed by atoms with van der Waals surface area (Å²) in [7, 11) is 0. The highest BCUT2D eigenvalue weighted by molar-refractivity contribution is 9.10. The lowest BCUT2D eigenvalue weighted by atomic mass is 10.2. The summed E-state index contributed by atoms with van der Waals surface area (Å²) < 4.78 is 0.847. The molecule has 1 aromatic heterocycles. The third-order valence-corrected chi connectivity index (χ3v) is 3.54. The highest BCUT2D eigenvalue weighted by atomic mass is 79.9.